The van der Waals surface area contributed by atoms with Crippen molar-refractivity contribution < 1.29 is 4.52 Å². The average molecular weight is 263 g/mol. The highest BCUT2D eigenvalue weighted by molar-refractivity contribution is 7.13. The summed E-state index contributed by atoms with van der Waals surface area (Å²) in [6, 6.07) is 4.64. The minimum atomic E-state index is 0.621. The van der Waals surface area contributed by atoms with Crippen molar-refractivity contribution in [3.05, 3.63) is 23.4 Å². The predicted molar refractivity (Wildman–Crippen MR) is 71.3 cm³/mol. The van der Waals surface area contributed by atoms with E-state index >= 15 is 0 Å². The van der Waals surface area contributed by atoms with Crippen molar-refractivity contribution in [2.75, 3.05) is 6.54 Å². The van der Waals surface area contributed by atoms with Gasteiger partial charge in [0.25, 0.3) is 0 Å². The van der Waals surface area contributed by atoms with Crippen LogP contribution in [0.4, 0.5) is 0 Å². The van der Waals surface area contributed by atoms with E-state index in [0.717, 1.165) is 23.9 Å². The van der Waals surface area contributed by atoms with Crippen molar-refractivity contribution >= 4 is 11.3 Å². The third-order valence-electron chi connectivity index (χ3n) is 3.49. The zero-order chi connectivity index (χ0) is 12.4. The van der Waals surface area contributed by atoms with Crippen LogP contribution in [0.25, 0.3) is 10.7 Å². The van der Waals surface area contributed by atoms with Gasteiger partial charge in [-0.25, -0.2) is 0 Å². The number of thiophene rings is 1. The van der Waals surface area contributed by atoms with E-state index in [1.54, 1.807) is 11.3 Å². The minimum absolute atomic E-state index is 0.621. The number of piperidine rings is 1. The third-order valence-corrected chi connectivity index (χ3v) is 4.35. The van der Waals surface area contributed by atoms with E-state index in [2.05, 4.69) is 22.0 Å². The number of hydrogen-bond acceptors (Lipinski definition) is 5. The Kier molecular flexibility index (Phi) is 3.43. The second kappa shape index (κ2) is 5.20. The zero-order valence-corrected chi connectivity index (χ0v) is 11.3. The number of hydrogen-bond donors (Lipinski definition) is 0. The molecule has 0 N–H and O–H groups in total. The lowest BCUT2D eigenvalue weighted by Gasteiger charge is -2.31. The molecule has 1 fully saturated rings. The van der Waals surface area contributed by atoms with Crippen LogP contribution in [-0.2, 0) is 6.54 Å². The van der Waals surface area contributed by atoms with Crippen molar-refractivity contribution in [3.8, 4) is 10.7 Å². The number of aromatic nitrogens is 2. The fourth-order valence-electron chi connectivity index (χ4n) is 2.39. The van der Waals surface area contributed by atoms with Gasteiger partial charge in [-0.05, 0) is 37.8 Å². The summed E-state index contributed by atoms with van der Waals surface area (Å²) in [5.41, 5.74) is 0. The monoisotopic (exact) mass is 263 g/mol. The molecule has 18 heavy (non-hydrogen) atoms. The van der Waals surface area contributed by atoms with E-state index < -0.39 is 0 Å². The molecular weight excluding hydrogens is 246 g/mol. The van der Waals surface area contributed by atoms with Crippen molar-refractivity contribution in [1.29, 1.82) is 0 Å². The van der Waals surface area contributed by atoms with Gasteiger partial charge in [0, 0.05) is 6.04 Å². The van der Waals surface area contributed by atoms with E-state index in [1.165, 1.54) is 19.3 Å². The Bertz CT molecular complexity index is 494. The fourth-order valence-corrected chi connectivity index (χ4v) is 3.04. The molecule has 0 saturated carbocycles. The molecule has 0 unspecified atom stereocenters. The van der Waals surface area contributed by atoms with Gasteiger partial charge in [0.15, 0.2) is 0 Å². The number of rotatable bonds is 3. The van der Waals surface area contributed by atoms with Crippen LogP contribution < -0.4 is 0 Å². The van der Waals surface area contributed by atoms with Crippen LogP contribution in [0.5, 0.6) is 0 Å². The summed E-state index contributed by atoms with van der Waals surface area (Å²) in [5.74, 6) is 1.44. The quantitative estimate of drug-likeness (QED) is 0.853. The van der Waals surface area contributed by atoms with Gasteiger partial charge < -0.3 is 4.52 Å². The first-order chi connectivity index (χ1) is 8.83. The van der Waals surface area contributed by atoms with Gasteiger partial charge in [-0.15, -0.1) is 11.3 Å². The Hall–Kier alpha value is -1.20. The molecule has 1 atom stereocenters. The van der Waals surface area contributed by atoms with Gasteiger partial charge in [-0.3, -0.25) is 4.90 Å². The van der Waals surface area contributed by atoms with Crippen LogP contribution in [0.1, 0.15) is 32.1 Å². The Labute approximate surface area is 111 Å². The summed E-state index contributed by atoms with van der Waals surface area (Å²) in [6.07, 6.45) is 3.88. The molecule has 4 nitrogen and oxygen atoms in total. The number of likely N-dealkylation sites (tertiary alicyclic amines) is 1. The van der Waals surface area contributed by atoms with Gasteiger partial charge in [0.05, 0.1) is 11.4 Å². The molecule has 0 aliphatic carbocycles. The number of nitrogens with zero attached hydrogens (tertiary/aromatic N) is 3. The molecule has 96 valence electrons. The van der Waals surface area contributed by atoms with Crippen molar-refractivity contribution in [3.63, 3.8) is 0 Å². The van der Waals surface area contributed by atoms with Crippen LogP contribution in [0.3, 0.4) is 0 Å². The molecule has 0 spiro atoms. The second-order valence-electron chi connectivity index (χ2n) is 4.80. The highest BCUT2D eigenvalue weighted by Crippen LogP contribution is 2.23. The normalized spacial score (nSPS) is 21.3. The molecule has 0 amide bonds. The first-order valence-corrected chi connectivity index (χ1v) is 7.31. The van der Waals surface area contributed by atoms with Gasteiger partial charge in [-0.1, -0.05) is 17.6 Å². The molecule has 1 aliphatic rings. The first kappa shape index (κ1) is 11.9. The molecule has 0 aromatic carbocycles. The second-order valence-corrected chi connectivity index (χ2v) is 5.75. The van der Waals surface area contributed by atoms with E-state index in [4.69, 9.17) is 4.52 Å². The van der Waals surface area contributed by atoms with E-state index in [-0.39, 0.29) is 0 Å². The molecular formula is C13H17N3OS. The van der Waals surface area contributed by atoms with Crippen LogP contribution in [0, 0.1) is 0 Å². The molecule has 2 aromatic rings. The van der Waals surface area contributed by atoms with Crippen molar-refractivity contribution in [1.82, 2.24) is 15.0 Å². The maximum Gasteiger partial charge on any atom is 0.241 e. The maximum absolute atomic E-state index is 5.34. The van der Waals surface area contributed by atoms with Gasteiger partial charge in [0.2, 0.25) is 11.7 Å². The summed E-state index contributed by atoms with van der Waals surface area (Å²) in [7, 11) is 0. The predicted octanol–water partition coefficient (Wildman–Crippen LogP) is 3.17. The summed E-state index contributed by atoms with van der Waals surface area (Å²) >= 11 is 1.64. The molecule has 5 heteroatoms. The van der Waals surface area contributed by atoms with Crippen molar-refractivity contribution in [2.24, 2.45) is 0 Å². The molecule has 1 aliphatic heterocycles. The lowest BCUT2D eigenvalue weighted by Crippen LogP contribution is -2.36. The van der Waals surface area contributed by atoms with Crippen LogP contribution >= 0.6 is 11.3 Å². The highest BCUT2D eigenvalue weighted by atomic mass is 32.1. The van der Waals surface area contributed by atoms with Crippen molar-refractivity contribution in [2.45, 2.75) is 38.8 Å². The topological polar surface area (TPSA) is 42.2 Å². The molecule has 3 heterocycles. The summed E-state index contributed by atoms with van der Waals surface area (Å²) in [6.45, 7) is 4.19. The van der Waals surface area contributed by atoms with E-state index in [0.29, 0.717) is 11.9 Å². The minimum Gasteiger partial charge on any atom is -0.338 e. The van der Waals surface area contributed by atoms with Crippen LogP contribution in [0.15, 0.2) is 22.0 Å². The van der Waals surface area contributed by atoms with Crippen LogP contribution in [-0.4, -0.2) is 27.6 Å². The average Bonchev–Trinajstić information content (AvgIpc) is 3.02. The largest absolute Gasteiger partial charge is 0.338 e. The van der Waals surface area contributed by atoms with Crippen LogP contribution in [0.2, 0.25) is 0 Å². The highest BCUT2D eigenvalue weighted by Gasteiger charge is 2.20. The SMILES string of the molecule is C[C@H]1CCCCN1Cc1nc(-c2cccs2)no1. The smallest absolute Gasteiger partial charge is 0.241 e. The Morgan fingerprint density at radius 1 is 1.50 bits per heavy atom. The first-order valence-electron chi connectivity index (χ1n) is 6.43. The van der Waals surface area contributed by atoms with E-state index in [9.17, 15) is 0 Å². The lowest BCUT2D eigenvalue weighted by atomic mass is 10.0. The van der Waals surface area contributed by atoms with Gasteiger partial charge >= 0.3 is 0 Å². The third kappa shape index (κ3) is 2.47. The fraction of sp³-hybridized carbons (Fsp3) is 0.538. The van der Waals surface area contributed by atoms with Gasteiger partial charge in [-0.2, -0.15) is 4.98 Å². The van der Waals surface area contributed by atoms with Gasteiger partial charge in [0.1, 0.15) is 0 Å². The summed E-state index contributed by atoms with van der Waals surface area (Å²) in [5, 5.41) is 6.07. The standard InChI is InChI=1S/C13H17N3OS/c1-10-5-2-3-7-16(10)9-12-14-13(15-17-12)11-6-4-8-18-11/h4,6,8,10H,2-3,5,7,9H2,1H3/t10-/m0/s1. The molecule has 1 saturated heterocycles. The summed E-state index contributed by atoms with van der Waals surface area (Å²) < 4.78 is 5.34. The lowest BCUT2D eigenvalue weighted by molar-refractivity contribution is 0.135. The molecule has 0 radical (unpaired) electrons. The Balaban J connectivity index is 1.70. The molecule has 3 rings (SSSR count). The Morgan fingerprint density at radius 3 is 3.22 bits per heavy atom. The Morgan fingerprint density at radius 2 is 2.44 bits per heavy atom. The molecule has 0 bridgehead atoms. The molecule has 2 aromatic heterocycles. The zero-order valence-electron chi connectivity index (χ0n) is 10.5. The summed E-state index contributed by atoms with van der Waals surface area (Å²) in [4.78, 5) is 7.96. The maximum atomic E-state index is 5.34. The van der Waals surface area contributed by atoms with E-state index in [1.807, 2.05) is 17.5 Å².